The summed E-state index contributed by atoms with van der Waals surface area (Å²) in [5, 5.41) is 3.02. The maximum absolute atomic E-state index is 11.9. The number of nitrogens with one attached hydrogen (secondary N) is 1. The van der Waals surface area contributed by atoms with Crippen LogP contribution < -0.4 is 17.7 Å². The van der Waals surface area contributed by atoms with Gasteiger partial charge in [-0.1, -0.05) is 6.07 Å². The van der Waals surface area contributed by atoms with E-state index >= 15 is 0 Å². The molecule has 3 rings (SSSR count). The van der Waals surface area contributed by atoms with E-state index in [1.165, 1.54) is 36.8 Å². The number of halogens is 1. The third-order valence-corrected chi connectivity index (χ3v) is 3.95. The van der Waals surface area contributed by atoms with Gasteiger partial charge < -0.3 is 17.7 Å². The monoisotopic (exact) mass is 279 g/mol. The van der Waals surface area contributed by atoms with Crippen LogP contribution in [0, 0.1) is 0 Å². The Morgan fingerprint density at radius 2 is 1.84 bits per heavy atom. The van der Waals surface area contributed by atoms with Gasteiger partial charge in [-0.15, -0.1) is 0 Å². The molecule has 1 aliphatic heterocycles. The molecule has 1 aliphatic carbocycles. The minimum atomic E-state index is 0. The Bertz CT molecular complexity index is 455. The molecule has 0 aromatic heterocycles. The average molecular weight is 280 g/mol. The molecule has 1 aromatic rings. The SMILES string of the molecule is O=C(CN1CCCC1)Nc1ccc2c(c1)CCC2.[Cl-]. The summed E-state index contributed by atoms with van der Waals surface area (Å²) in [5.41, 5.74) is 3.82. The Labute approximate surface area is 120 Å². The van der Waals surface area contributed by atoms with Crippen LogP contribution in [-0.4, -0.2) is 30.4 Å². The number of nitrogens with zero attached hydrogens (tertiary/aromatic N) is 1. The lowest BCUT2D eigenvalue weighted by atomic mass is 10.1. The lowest BCUT2D eigenvalue weighted by Crippen LogP contribution is -3.00. The Balaban J connectivity index is 0.00000133. The molecule has 4 heteroatoms. The Morgan fingerprint density at radius 1 is 1.11 bits per heavy atom. The van der Waals surface area contributed by atoms with Crippen LogP contribution in [0.4, 0.5) is 5.69 Å². The van der Waals surface area contributed by atoms with E-state index in [4.69, 9.17) is 0 Å². The van der Waals surface area contributed by atoms with Crippen molar-refractivity contribution in [1.29, 1.82) is 0 Å². The zero-order chi connectivity index (χ0) is 12.4. The first kappa shape index (κ1) is 14.4. The highest BCUT2D eigenvalue weighted by molar-refractivity contribution is 5.92. The Morgan fingerprint density at radius 3 is 2.63 bits per heavy atom. The van der Waals surface area contributed by atoms with Crippen LogP contribution in [0.5, 0.6) is 0 Å². The number of benzene rings is 1. The van der Waals surface area contributed by atoms with Gasteiger partial charge in [-0.2, -0.15) is 0 Å². The number of carbonyl (C=O) groups is 1. The van der Waals surface area contributed by atoms with Crippen molar-refractivity contribution in [3.63, 3.8) is 0 Å². The molecule has 1 N–H and O–H groups in total. The molecule has 3 nitrogen and oxygen atoms in total. The van der Waals surface area contributed by atoms with Crippen molar-refractivity contribution in [2.75, 3.05) is 25.0 Å². The van der Waals surface area contributed by atoms with E-state index in [9.17, 15) is 4.79 Å². The van der Waals surface area contributed by atoms with Crippen molar-refractivity contribution < 1.29 is 17.2 Å². The van der Waals surface area contributed by atoms with Gasteiger partial charge in [0.15, 0.2) is 0 Å². The number of hydrogen-bond acceptors (Lipinski definition) is 2. The van der Waals surface area contributed by atoms with Crippen LogP contribution in [0.25, 0.3) is 0 Å². The highest BCUT2D eigenvalue weighted by Crippen LogP contribution is 2.24. The van der Waals surface area contributed by atoms with Gasteiger partial charge >= 0.3 is 0 Å². The first-order chi connectivity index (χ1) is 8.81. The largest absolute Gasteiger partial charge is 1.00 e. The summed E-state index contributed by atoms with van der Waals surface area (Å²) >= 11 is 0. The third kappa shape index (κ3) is 3.48. The second-order valence-corrected chi connectivity index (χ2v) is 5.37. The van der Waals surface area contributed by atoms with Gasteiger partial charge in [0.2, 0.25) is 5.91 Å². The van der Waals surface area contributed by atoms with Crippen LogP contribution in [0.3, 0.4) is 0 Å². The molecule has 104 valence electrons. The number of fused-ring (bicyclic) bond motifs is 1. The van der Waals surface area contributed by atoms with Crippen LogP contribution in [-0.2, 0) is 17.6 Å². The molecule has 2 aliphatic rings. The summed E-state index contributed by atoms with van der Waals surface area (Å²) in [6, 6.07) is 6.34. The Kier molecular flexibility index (Phi) is 4.83. The van der Waals surface area contributed by atoms with Crippen molar-refractivity contribution in [3.05, 3.63) is 29.3 Å². The summed E-state index contributed by atoms with van der Waals surface area (Å²) in [4.78, 5) is 14.1. The maximum atomic E-state index is 11.9. The number of rotatable bonds is 3. The van der Waals surface area contributed by atoms with Crippen molar-refractivity contribution in [2.45, 2.75) is 32.1 Å². The summed E-state index contributed by atoms with van der Waals surface area (Å²) in [7, 11) is 0. The molecule has 1 fully saturated rings. The molecule has 1 saturated heterocycles. The fraction of sp³-hybridized carbons (Fsp3) is 0.533. The van der Waals surface area contributed by atoms with Crippen LogP contribution in [0.2, 0.25) is 0 Å². The summed E-state index contributed by atoms with van der Waals surface area (Å²) in [5.74, 6) is 0.120. The van der Waals surface area contributed by atoms with Gasteiger partial charge in [0.1, 0.15) is 0 Å². The zero-order valence-corrected chi connectivity index (χ0v) is 11.9. The molecule has 0 unspecified atom stereocenters. The van der Waals surface area contributed by atoms with Gasteiger partial charge in [0.05, 0.1) is 6.54 Å². The zero-order valence-electron chi connectivity index (χ0n) is 11.1. The quantitative estimate of drug-likeness (QED) is 0.787. The molecule has 1 aromatic carbocycles. The first-order valence-corrected chi connectivity index (χ1v) is 6.95. The molecular formula is C15H20ClN2O-. The van der Waals surface area contributed by atoms with Crippen LogP contribution in [0.15, 0.2) is 18.2 Å². The highest BCUT2D eigenvalue weighted by atomic mass is 35.5. The lowest BCUT2D eigenvalue weighted by Gasteiger charge is -2.14. The number of carbonyl (C=O) groups excluding carboxylic acids is 1. The van der Waals surface area contributed by atoms with Crippen molar-refractivity contribution in [1.82, 2.24) is 4.90 Å². The predicted octanol–water partition coefficient (Wildman–Crippen LogP) is -0.786. The fourth-order valence-corrected chi connectivity index (χ4v) is 2.99. The van der Waals surface area contributed by atoms with Crippen molar-refractivity contribution in [3.8, 4) is 0 Å². The Hall–Kier alpha value is -1.06. The number of likely N-dealkylation sites (tertiary alicyclic amines) is 1. The van der Waals surface area contributed by atoms with Gasteiger partial charge in [-0.3, -0.25) is 9.69 Å². The second-order valence-electron chi connectivity index (χ2n) is 5.37. The minimum absolute atomic E-state index is 0. The van der Waals surface area contributed by atoms with Gasteiger partial charge in [-0.25, -0.2) is 0 Å². The summed E-state index contributed by atoms with van der Waals surface area (Å²) in [6.45, 7) is 2.67. The molecular weight excluding hydrogens is 260 g/mol. The predicted molar refractivity (Wildman–Crippen MR) is 72.8 cm³/mol. The smallest absolute Gasteiger partial charge is 0.238 e. The highest BCUT2D eigenvalue weighted by Gasteiger charge is 2.16. The lowest BCUT2D eigenvalue weighted by molar-refractivity contribution is -0.117. The van der Waals surface area contributed by atoms with Crippen molar-refractivity contribution >= 4 is 11.6 Å². The maximum Gasteiger partial charge on any atom is 0.238 e. The second kappa shape index (κ2) is 6.40. The average Bonchev–Trinajstić information content (AvgIpc) is 2.98. The molecule has 0 atom stereocenters. The van der Waals surface area contributed by atoms with Crippen molar-refractivity contribution in [2.24, 2.45) is 0 Å². The number of hydrogen-bond donors (Lipinski definition) is 1. The standard InChI is InChI=1S/C15H20N2O.ClH/c18-15(11-17-8-1-2-9-17)16-14-7-6-12-4-3-5-13(12)10-14;/h6-7,10H,1-5,8-9,11H2,(H,16,18);1H/p-1. The molecule has 1 heterocycles. The van der Waals surface area contributed by atoms with E-state index in [0.29, 0.717) is 6.54 Å². The van der Waals surface area contributed by atoms with E-state index < -0.39 is 0 Å². The minimum Gasteiger partial charge on any atom is -1.00 e. The number of amides is 1. The van der Waals surface area contributed by atoms with Crippen LogP contribution in [0.1, 0.15) is 30.4 Å². The number of anilines is 1. The third-order valence-electron chi connectivity index (χ3n) is 3.95. The molecule has 0 spiro atoms. The molecule has 0 saturated carbocycles. The number of aryl methyl sites for hydroxylation is 2. The molecule has 0 radical (unpaired) electrons. The van der Waals surface area contributed by atoms with Gasteiger partial charge in [-0.05, 0) is 68.5 Å². The fourth-order valence-electron chi connectivity index (χ4n) is 2.99. The van der Waals surface area contributed by atoms with E-state index in [2.05, 4.69) is 22.3 Å². The van der Waals surface area contributed by atoms with E-state index in [1.807, 2.05) is 6.07 Å². The summed E-state index contributed by atoms with van der Waals surface area (Å²) in [6.07, 6.45) is 6.06. The topological polar surface area (TPSA) is 32.3 Å². The van der Waals surface area contributed by atoms with Gasteiger partial charge in [0, 0.05) is 5.69 Å². The normalized spacial score (nSPS) is 17.9. The first-order valence-electron chi connectivity index (χ1n) is 6.95. The van der Waals surface area contributed by atoms with Crippen LogP contribution >= 0.6 is 0 Å². The molecule has 0 bridgehead atoms. The van der Waals surface area contributed by atoms with E-state index in [0.717, 1.165) is 25.2 Å². The molecule has 1 amide bonds. The summed E-state index contributed by atoms with van der Waals surface area (Å²) < 4.78 is 0. The molecule has 19 heavy (non-hydrogen) atoms. The van der Waals surface area contributed by atoms with E-state index in [-0.39, 0.29) is 18.3 Å². The van der Waals surface area contributed by atoms with E-state index in [1.54, 1.807) is 0 Å². The van der Waals surface area contributed by atoms with Gasteiger partial charge in [0.25, 0.3) is 0 Å².